The Kier molecular flexibility index (Phi) is 10.8. The molecule has 24 heteroatoms. The molecule has 2 amide bonds. The van der Waals surface area contributed by atoms with Crippen molar-refractivity contribution in [3.63, 3.8) is 0 Å². The molecule has 270 valence electrons. The lowest BCUT2D eigenvalue weighted by Crippen LogP contribution is -2.63. The first-order valence-electron chi connectivity index (χ1n) is 14.0. The number of aliphatic hydroxyl groups is 1. The number of nitrogens with one attached hydrogen (secondary N) is 6. The van der Waals surface area contributed by atoms with E-state index in [0.29, 0.717) is 29.5 Å². The van der Waals surface area contributed by atoms with Gasteiger partial charge in [0.2, 0.25) is 0 Å². The van der Waals surface area contributed by atoms with E-state index in [1.165, 1.54) is 7.11 Å². The molecular weight excluding hydrogens is 948 g/mol. The zero-order valence-electron chi connectivity index (χ0n) is 24.7. The molecule has 12 N–H and O–H groups in total. The number of aromatic amines is 2. The Bertz CT molecular complexity index is 1640. The fourth-order valence-electron chi connectivity index (χ4n) is 7.16. The predicted molar refractivity (Wildman–Crippen MR) is 181 cm³/mol. The summed E-state index contributed by atoms with van der Waals surface area (Å²) >= 11 is 20.8. The van der Waals surface area contributed by atoms with Crippen molar-refractivity contribution in [2.75, 3.05) is 20.2 Å². The summed E-state index contributed by atoms with van der Waals surface area (Å²) in [6.45, 7) is 0.211. The maximum absolute atomic E-state index is 13.2. The van der Waals surface area contributed by atoms with Crippen molar-refractivity contribution in [1.82, 2.24) is 36.1 Å². The number of fused-ring (bicyclic) bond motifs is 3. The van der Waals surface area contributed by atoms with Crippen molar-refractivity contribution in [1.29, 1.82) is 0 Å². The predicted octanol–water partition coefficient (Wildman–Crippen LogP) is 1.46. The molecule has 1 unspecified atom stereocenters. The average molecular weight is 977 g/mol. The Hall–Kier alpha value is -1.96. The summed E-state index contributed by atoms with van der Waals surface area (Å²) in [6.07, 6.45) is -7.46. The summed E-state index contributed by atoms with van der Waals surface area (Å²) in [5.74, 6) is -5.03. The van der Waals surface area contributed by atoms with Crippen LogP contribution in [0.3, 0.4) is 0 Å². The van der Waals surface area contributed by atoms with Crippen molar-refractivity contribution in [3.8, 4) is 0 Å². The van der Waals surface area contributed by atoms with E-state index < -0.39 is 65.2 Å². The van der Waals surface area contributed by atoms with Gasteiger partial charge in [-0.2, -0.15) is 13.2 Å². The van der Waals surface area contributed by atoms with E-state index in [4.69, 9.17) is 37.7 Å². The molecule has 1 aliphatic carbocycles. The van der Waals surface area contributed by atoms with Gasteiger partial charge in [-0.15, -0.1) is 11.6 Å². The highest BCUT2D eigenvalue weighted by molar-refractivity contribution is 9.13. The van der Waals surface area contributed by atoms with Gasteiger partial charge in [0, 0.05) is 32.0 Å². The molecule has 1 saturated carbocycles. The van der Waals surface area contributed by atoms with Crippen LogP contribution in [-0.2, 0) is 9.53 Å². The molecule has 3 fully saturated rings. The minimum atomic E-state index is -5.08. The number of methoxy groups -OCH3 is 1. The molecule has 2 saturated heterocycles. The number of ether oxygens (including phenoxy) is 1. The van der Waals surface area contributed by atoms with E-state index in [1.54, 1.807) is 17.0 Å². The first kappa shape index (κ1) is 38.3. The number of carbonyl (C=O) groups excluding carboxylic acids is 2. The number of amides is 2. The summed E-state index contributed by atoms with van der Waals surface area (Å²) in [6, 6.07) is 3.31. The second-order valence-electron chi connectivity index (χ2n) is 11.5. The van der Waals surface area contributed by atoms with Gasteiger partial charge in [-0.3, -0.25) is 20.2 Å². The van der Waals surface area contributed by atoms with Crippen molar-refractivity contribution in [2.45, 2.75) is 41.5 Å². The largest absolute Gasteiger partial charge is 0.490 e. The Morgan fingerprint density at radius 3 is 1.98 bits per heavy atom. The lowest BCUT2D eigenvalue weighted by molar-refractivity contribution is -0.192. The van der Waals surface area contributed by atoms with E-state index in [1.807, 2.05) is 0 Å². The number of carboxylic acid groups (broad SMARTS) is 1. The molecule has 6 rings (SSSR count). The molecule has 2 aromatic rings. The summed E-state index contributed by atoms with van der Waals surface area (Å²) in [4.78, 5) is 47.5. The maximum atomic E-state index is 13.2. The first-order valence-corrected chi connectivity index (χ1v) is 17.6. The third kappa shape index (κ3) is 6.52. The third-order valence-corrected chi connectivity index (χ3v) is 13.1. The summed E-state index contributed by atoms with van der Waals surface area (Å²) in [5, 5.41) is 30.8. The van der Waals surface area contributed by atoms with Crippen molar-refractivity contribution < 1.29 is 42.5 Å². The molecule has 3 aliphatic heterocycles. The van der Waals surface area contributed by atoms with Gasteiger partial charge in [0.1, 0.15) is 29.4 Å². The van der Waals surface area contributed by atoms with E-state index in [2.05, 4.69) is 99.9 Å². The van der Waals surface area contributed by atoms with Gasteiger partial charge in [-0.05, 0) is 81.8 Å². The van der Waals surface area contributed by atoms with Crippen LogP contribution in [0.15, 0.2) is 35.3 Å². The standard InChI is InChI=1S/C23H27Br4ClN10O4.C2HF3O2/c1-42-19-22-12(23(41)18(35-20(29)37-23)38(22)21(30)36-19)6(4-31-16(39)10-2-8(24)14(26)33-10)7(13(22)28)5-32-17(40)11-3-9(25)15(27)34-11;3-2(4,5)1(6)7/h2-3,6-7,12-13,18-20,33-35,37,41H,4-5,29H2,1H3,(H2,30,36)(H,31,39)(H,32,40);(H,6,7)/t6-,7-,12+,13+,18-,19+,20?,22+,23-;/m0./s1. The van der Waals surface area contributed by atoms with E-state index in [-0.39, 0.29) is 30.9 Å². The van der Waals surface area contributed by atoms with Crippen LogP contribution in [0.25, 0.3) is 0 Å². The lowest BCUT2D eigenvalue weighted by Gasteiger charge is -2.41. The number of carboxylic acids is 1. The molecule has 1 spiro atoms. The average Bonchev–Trinajstić information content (AvgIpc) is 3.79. The third-order valence-electron chi connectivity index (χ3n) is 8.88. The molecule has 5 heterocycles. The van der Waals surface area contributed by atoms with Crippen LogP contribution in [-0.4, -0.2) is 111 Å². The van der Waals surface area contributed by atoms with Gasteiger partial charge in [-0.25, -0.2) is 9.79 Å². The number of hydrogen-bond donors (Lipinski definition) is 10. The Labute approximate surface area is 313 Å². The minimum Gasteiger partial charge on any atom is -0.475 e. The number of aliphatic imine (C=N–C) groups is 1. The molecule has 49 heavy (non-hydrogen) atoms. The smallest absolute Gasteiger partial charge is 0.475 e. The normalized spacial score (nSPS) is 32.9. The zero-order valence-corrected chi connectivity index (χ0v) is 31.8. The molecule has 2 aromatic heterocycles. The number of nitrogens with two attached hydrogens (primary N) is 2. The maximum Gasteiger partial charge on any atom is 0.490 e. The van der Waals surface area contributed by atoms with Crippen LogP contribution in [0.4, 0.5) is 13.2 Å². The number of carbonyl (C=O) groups is 3. The fraction of sp³-hybridized carbons (Fsp3) is 0.520. The van der Waals surface area contributed by atoms with E-state index in [9.17, 15) is 27.9 Å². The summed E-state index contributed by atoms with van der Waals surface area (Å²) in [5.41, 5.74) is 10.5. The number of H-pyrrole nitrogens is 2. The first-order chi connectivity index (χ1) is 22.8. The van der Waals surface area contributed by atoms with Gasteiger partial charge < -0.3 is 51.9 Å². The molecule has 0 aromatic carbocycles. The van der Waals surface area contributed by atoms with Crippen molar-refractivity contribution in [2.24, 2.45) is 34.2 Å². The lowest BCUT2D eigenvalue weighted by atomic mass is 9.77. The molecular formula is C25H28Br4ClF3N10O6. The molecule has 0 bridgehead atoms. The molecule has 4 aliphatic rings. The zero-order chi connectivity index (χ0) is 36.4. The van der Waals surface area contributed by atoms with Gasteiger partial charge in [0.25, 0.3) is 11.8 Å². The van der Waals surface area contributed by atoms with Gasteiger partial charge in [0.15, 0.2) is 17.9 Å². The molecule has 16 nitrogen and oxygen atoms in total. The number of halogens is 8. The van der Waals surface area contributed by atoms with Crippen LogP contribution in [0, 0.1) is 17.8 Å². The monoisotopic (exact) mass is 972 g/mol. The van der Waals surface area contributed by atoms with Crippen LogP contribution in [0.1, 0.15) is 21.0 Å². The Morgan fingerprint density at radius 1 is 1.06 bits per heavy atom. The number of alkyl halides is 4. The number of guanidine groups is 1. The highest BCUT2D eigenvalue weighted by Gasteiger charge is 2.82. The van der Waals surface area contributed by atoms with Gasteiger partial charge >= 0.3 is 12.1 Å². The van der Waals surface area contributed by atoms with Crippen LogP contribution < -0.4 is 32.7 Å². The van der Waals surface area contributed by atoms with E-state index in [0.717, 1.165) is 0 Å². The topological polar surface area (TPSA) is 248 Å². The molecule has 0 radical (unpaired) electrons. The Morgan fingerprint density at radius 2 is 1.55 bits per heavy atom. The number of rotatable bonds is 7. The second-order valence-corrected chi connectivity index (χ2v) is 15.2. The Balaban J connectivity index is 0.000000606. The molecule has 9 atom stereocenters. The number of nitrogens with zero attached hydrogens (tertiary/aromatic N) is 2. The summed E-state index contributed by atoms with van der Waals surface area (Å²) < 4.78 is 40.2. The van der Waals surface area contributed by atoms with Crippen molar-refractivity contribution >= 4 is 99.1 Å². The SMILES string of the molecule is CO[C@H]1N=C(N)N2[C@@H]3NC(N)N[C@]3(O)[C@@H]3[C@@H](CNC(=O)c4cc(Br)c(Br)[nH]4)[C@H](CNC(=O)c4cc(Br)c(Br)[nH]4)[C@@H](Cl)[C@@]132.O=C(O)C(F)(F)F. The van der Waals surface area contributed by atoms with Gasteiger partial charge in [-0.1, -0.05) is 0 Å². The quantitative estimate of drug-likeness (QED) is 0.178. The highest BCUT2D eigenvalue weighted by atomic mass is 79.9. The van der Waals surface area contributed by atoms with Crippen LogP contribution >= 0.6 is 75.3 Å². The van der Waals surface area contributed by atoms with Crippen LogP contribution in [0.5, 0.6) is 0 Å². The minimum absolute atomic E-state index is 0.0962. The van der Waals surface area contributed by atoms with E-state index >= 15 is 0 Å². The number of aliphatic carboxylic acids is 1. The van der Waals surface area contributed by atoms with Gasteiger partial charge in [0.05, 0.1) is 23.5 Å². The summed E-state index contributed by atoms with van der Waals surface area (Å²) in [7, 11) is 1.50. The number of aromatic nitrogens is 2. The second kappa shape index (κ2) is 13.9. The van der Waals surface area contributed by atoms with Crippen molar-refractivity contribution in [3.05, 3.63) is 41.7 Å². The van der Waals surface area contributed by atoms with Crippen LogP contribution in [0.2, 0.25) is 0 Å². The number of hydrogen-bond acceptors (Lipinski definition) is 11. The highest BCUT2D eigenvalue weighted by Crippen LogP contribution is 2.63. The fourth-order valence-corrected chi connectivity index (χ4v) is 9.10.